The van der Waals surface area contributed by atoms with Gasteiger partial charge in [-0.05, 0) is 35.8 Å². The minimum atomic E-state index is -1.98. The summed E-state index contributed by atoms with van der Waals surface area (Å²) in [5, 5.41) is 0. The van der Waals surface area contributed by atoms with Crippen LogP contribution in [0.15, 0.2) is 53.1 Å². The number of carbonyl (C=O) groups excluding carboxylic acids is 2. The molecule has 0 radical (unpaired) electrons. The molecule has 0 unspecified atom stereocenters. The van der Waals surface area contributed by atoms with Crippen LogP contribution in [0.4, 0.5) is 0 Å². The summed E-state index contributed by atoms with van der Waals surface area (Å²) in [5.74, 6) is -0.513. The summed E-state index contributed by atoms with van der Waals surface area (Å²) < 4.78 is 11.7. The molecular weight excluding hydrogens is 346 g/mol. The molecule has 2 aromatic rings. The van der Waals surface area contributed by atoms with Gasteiger partial charge < -0.3 is 8.84 Å². The van der Waals surface area contributed by atoms with Crippen molar-refractivity contribution in [1.29, 1.82) is 0 Å². The van der Waals surface area contributed by atoms with Gasteiger partial charge in [0.15, 0.2) is 20.2 Å². The first-order chi connectivity index (χ1) is 12.6. The highest BCUT2D eigenvalue weighted by Gasteiger charge is 2.55. The summed E-state index contributed by atoms with van der Waals surface area (Å²) in [4.78, 5) is 26.9. The molecule has 1 aliphatic heterocycles. The lowest BCUT2D eigenvalue weighted by Gasteiger charge is -2.48. The lowest BCUT2D eigenvalue weighted by Crippen LogP contribution is -2.64. The maximum atomic E-state index is 12.9. The molecule has 6 heteroatoms. The fraction of sp³-hybridized carbons (Fsp3) is 0.400. The van der Waals surface area contributed by atoms with Crippen LogP contribution in [-0.2, 0) is 9.22 Å². The zero-order valence-electron chi connectivity index (χ0n) is 15.5. The molecule has 1 fully saturated rings. The normalized spacial score (nSPS) is 20.1. The monoisotopic (exact) mass is 371 g/mol. The zero-order valence-corrected chi connectivity index (χ0v) is 16.5. The van der Waals surface area contributed by atoms with E-state index < -0.39 is 26.4 Å². The first-order valence-corrected chi connectivity index (χ1v) is 11.7. The Hall–Kier alpha value is -2.18. The molecule has 26 heavy (non-hydrogen) atoms. The minimum absolute atomic E-state index is 0.169. The molecule has 0 N–H and O–H groups in total. The molecule has 3 rings (SSSR count). The van der Waals surface area contributed by atoms with Crippen molar-refractivity contribution in [2.75, 3.05) is 0 Å². The van der Waals surface area contributed by atoms with Crippen molar-refractivity contribution in [3.05, 3.63) is 60.1 Å². The van der Waals surface area contributed by atoms with E-state index >= 15 is 0 Å². The van der Waals surface area contributed by atoms with Crippen molar-refractivity contribution in [1.82, 2.24) is 4.90 Å². The number of β-lactam (4-membered cyclic amide) rings is 1. The lowest BCUT2D eigenvalue weighted by atomic mass is 9.90. The third-order valence-electron chi connectivity index (χ3n) is 5.45. The van der Waals surface area contributed by atoms with E-state index in [1.807, 2.05) is 30.3 Å². The molecular formula is C20H25NO4Si. The van der Waals surface area contributed by atoms with Crippen LogP contribution in [0.25, 0.3) is 0 Å². The topological polar surface area (TPSA) is 59.8 Å². The van der Waals surface area contributed by atoms with Crippen LogP contribution in [0.1, 0.15) is 42.9 Å². The predicted octanol–water partition coefficient (Wildman–Crippen LogP) is 4.39. The van der Waals surface area contributed by atoms with Gasteiger partial charge in [-0.1, -0.05) is 51.1 Å². The van der Waals surface area contributed by atoms with Gasteiger partial charge in [0, 0.05) is 0 Å². The smallest absolute Gasteiger partial charge is 0.296 e. The summed E-state index contributed by atoms with van der Waals surface area (Å²) in [6.07, 6.45) is 0.842. The van der Waals surface area contributed by atoms with Gasteiger partial charge >= 0.3 is 0 Å². The van der Waals surface area contributed by atoms with Crippen LogP contribution in [0.3, 0.4) is 0 Å². The molecule has 0 aliphatic carbocycles. The van der Waals surface area contributed by atoms with Gasteiger partial charge in [-0.2, -0.15) is 0 Å². The van der Waals surface area contributed by atoms with Crippen LogP contribution in [0.2, 0.25) is 18.1 Å². The van der Waals surface area contributed by atoms with Gasteiger partial charge in [-0.3, -0.25) is 14.5 Å². The number of imide groups is 1. The maximum absolute atomic E-state index is 12.9. The Morgan fingerprint density at radius 3 is 2.27 bits per heavy atom. The Morgan fingerprint density at radius 1 is 1.08 bits per heavy atom. The Bertz CT molecular complexity index is 747. The first-order valence-electron chi connectivity index (χ1n) is 9.20. The minimum Gasteiger partial charge on any atom is -0.459 e. The van der Waals surface area contributed by atoms with Crippen molar-refractivity contribution < 1.29 is 18.4 Å². The van der Waals surface area contributed by atoms with Crippen molar-refractivity contribution >= 4 is 20.1 Å². The second kappa shape index (κ2) is 7.59. The van der Waals surface area contributed by atoms with Gasteiger partial charge in [0.05, 0.1) is 12.3 Å². The van der Waals surface area contributed by atoms with Crippen LogP contribution in [0, 0.1) is 0 Å². The molecule has 1 aromatic heterocycles. The molecule has 5 nitrogen and oxygen atoms in total. The largest absolute Gasteiger partial charge is 0.459 e. The number of hydrogen-bond acceptors (Lipinski definition) is 4. The average molecular weight is 372 g/mol. The molecule has 0 spiro atoms. The zero-order chi connectivity index (χ0) is 18.7. The standard InChI is InChI=1S/C20H25NO4Si/c1-4-26(5-2,6-3)25-18-17(15-11-8-7-9-12-15)21(20(18)23)19(22)16-13-10-14-24-16/h7-14,17-18H,4-6H2,1-3H3/t17-,18+/m1/s1. The van der Waals surface area contributed by atoms with E-state index in [1.54, 1.807) is 12.1 Å². The van der Waals surface area contributed by atoms with Gasteiger partial charge in [0.25, 0.3) is 11.8 Å². The quantitative estimate of drug-likeness (QED) is 0.411. The van der Waals surface area contributed by atoms with E-state index in [0.717, 1.165) is 23.7 Å². The highest BCUT2D eigenvalue weighted by molar-refractivity contribution is 6.73. The number of furan rings is 1. The second-order valence-electron chi connectivity index (χ2n) is 6.63. The van der Waals surface area contributed by atoms with Gasteiger partial charge in [0.1, 0.15) is 0 Å². The molecule has 138 valence electrons. The van der Waals surface area contributed by atoms with Gasteiger partial charge in [-0.15, -0.1) is 0 Å². The van der Waals surface area contributed by atoms with Crippen molar-refractivity contribution in [3.8, 4) is 0 Å². The molecule has 2 heterocycles. The molecule has 0 bridgehead atoms. The van der Waals surface area contributed by atoms with E-state index in [-0.39, 0.29) is 11.7 Å². The molecule has 1 saturated heterocycles. The Kier molecular flexibility index (Phi) is 5.43. The molecule has 1 aliphatic rings. The molecule has 2 atom stereocenters. The first kappa shape index (κ1) is 18.6. The fourth-order valence-electron chi connectivity index (χ4n) is 3.57. The highest BCUT2D eigenvalue weighted by atomic mass is 28.4. The number of benzene rings is 1. The van der Waals surface area contributed by atoms with Crippen LogP contribution in [0.5, 0.6) is 0 Å². The van der Waals surface area contributed by atoms with Crippen molar-refractivity contribution in [3.63, 3.8) is 0 Å². The predicted molar refractivity (Wildman–Crippen MR) is 101 cm³/mol. The molecule has 2 amide bonds. The fourth-order valence-corrected chi connectivity index (χ4v) is 6.33. The van der Waals surface area contributed by atoms with E-state index in [4.69, 9.17) is 8.84 Å². The van der Waals surface area contributed by atoms with Gasteiger partial charge in [0.2, 0.25) is 0 Å². The summed E-state index contributed by atoms with van der Waals surface area (Å²) in [5.41, 5.74) is 0.906. The lowest BCUT2D eigenvalue weighted by molar-refractivity contribution is -0.159. The van der Waals surface area contributed by atoms with Gasteiger partial charge in [-0.25, -0.2) is 0 Å². The van der Waals surface area contributed by atoms with Crippen LogP contribution in [-0.4, -0.2) is 31.1 Å². The van der Waals surface area contributed by atoms with E-state index in [1.165, 1.54) is 11.2 Å². The number of nitrogens with zero attached hydrogens (tertiary/aromatic N) is 1. The van der Waals surface area contributed by atoms with Crippen molar-refractivity contribution in [2.24, 2.45) is 0 Å². The maximum Gasteiger partial charge on any atom is 0.296 e. The number of likely N-dealkylation sites (tertiary alicyclic amines) is 1. The van der Waals surface area contributed by atoms with Crippen LogP contribution >= 0.6 is 0 Å². The number of hydrogen-bond donors (Lipinski definition) is 0. The average Bonchev–Trinajstić information content (AvgIpc) is 3.22. The number of rotatable bonds is 7. The van der Waals surface area contributed by atoms with E-state index in [9.17, 15) is 9.59 Å². The Morgan fingerprint density at radius 2 is 1.73 bits per heavy atom. The number of carbonyl (C=O) groups is 2. The summed E-state index contributed by atoms with van der Waals surface area (Å²) in [6.45, 7) is 6.39. The molecule has 0 saturated carbocycles. The van der Waals surface area contributed by atoms with Crippen LogP contribution < -0.4 is 0 Å². The summed E-state index contributed by atoms with van der Waals surface area (Å²) >= 11 is 0. The Labute approximate surface area is 155 Å². The Balaban J connectivity index is 1.93. The highest BCUT2D eigenvalue weighted by Crippen LogP contribution is 2.41. The third-order valence-corrected chi connectivity index (χ3v) is 10.1. The molecule has 1 aromatic carbocycles. The van der Waals surface area contributed by atoms with E-state index in [2.05, 4.69) is 20.8 Å². The second-order valence-corrected chi connectivity index (χ2v) is 11.4. The third kappa shape index (κ3) is 3.15. The number of amides is 2. The van der Waals surface area contributed by atoms with Crippen molar-refractivity contribution in [2.45, 2.75) is 51.0 Å². The summed E-state index contributed by atoms with van der Waals surface area (Å²) in [6, 6.07) is 15.3. The summed E-state index contributed by atoms with van der Waals surface area (Å²) in [7, 11) is -1.98. The van der Waals surface area contributed by atoms with E-state index in [0.29, 0.717) is 0 Å². The SMILES string of the molecule is CC[Si](CC)(CC)O[C@@H]1C(=O)N(C(=O)c2ccco2)[C@@H]1c1ccccc1.